The van der Waals surface area contributed by atoms with Gasteiger partial charge in [-0.2, -0.15) is 0 Å². The number of hydrogen-bond donors (Lipinski definition) is 1. The van der Waals surface area contributed by atoms with Gasteiger partial charge in [0.25, 0.3) is 0 Å². The second-order valence-corrected chi connectivity index (χ2v) is 8.81. The molecule has 0 bridgehead atoms. The smallest absolute Gasteiger partial charge is 0.407 e. The predicted octanol–water partition coefficient (Wildman–Crippen LogP) is 1.98. The van der Waals surface area contributed by atoms with Gasteiger partial charge in [0.1, 0.15) is 5.60 Å². The van der Waals surface area contributed by atoms with Gasteiger partial charge >= 0.3 is 12.1 Å². The number of rotatable bonds is 6. The molecule has 8 heteroatoms. The number of benzene rings is 1. The lowest BCUT2D eigenvalue weighted by Gasteiger charge is -2.21. The van der Waals surface area contributed by atoms with Crippen molar-refractivity contribution in [1.82, 2.24) is 5.32 Å². The van der Waals surface area contributed by atoms with Crippen LogP contribution in [0.4, 0.5) is 4.79 Å². The van der Waals surface area contributed by atoms with Gasteiger partial charge in [0.2, 0.25) is 0 Å². The van der Waals surface area contributed by atoms with E-state index in [0.717, 1.165) is 12.7 Å². The Kier molecular flexibility index (Phi) is 6.98. The largest absolute Gasteiger partial charge is 0.468 e. The molecule has 1 aromatic carbocycles. The number of methoxy groups -OCH3 is 1. The van der Waals surface area contributed by atoms with Crippen LogP contribution >= 0.6 is 0 Å². The summed E-state index contributed by atoms with van der Waals surface area (Å²) < 4.78 is 35.0. The number of sulfone groups is 1. The van der Waals surface area contributed by atoms with Gasteiger partial charge in [-0.3, -0.25) is 4.79 Å². The summed E-state index contributed by atoms with van der Waals surface area (Å²) in [6, 6.07) is 7.00. The molecular formula is C17H25NO6S. The van der Waals surface area contributed by atoms with Crippen LogP contribution in [0.2, 0.25) is 0 Å². The monoisotopic (exact) mass is 371 g/mol. The van der Waals surface area contributed by atoms with Crippen molar-refractivity contribution in [3.8, 4) is 0 Å². The number of esters is 1. The second kappa shape index (κ2) is 8.33. The van der Waals surface area contributed by atoms with Gasteiger partial charge in [-0.25, -0.2) is 13.2 Å². The van der Waals surface area contributed by atoms with Crippen LogP contribution in [0, 0.1) is 6.92 Å². The highest BCUT2D eigenvalue weighted by Gasteiger charge is 2.34. The van der Waals surface area contributed by atoms with Gasteiger partial charge in [0, 0.05) is 6.54 Å². The van der Waals surface area contributed by atoms with Crippen LogP contribution < -0.4 is 5.32 Å². The van der Waals surface area contributed by atoms with E-state index in [-0.39, 0.29) is 5.75 Å². The molecule has 140 valence electrons. The standard InChI is InChI=1S/C17H25NO6S/c1-12-8-6-7-9-13(12)11-25(21,22)14(15(19)23-5)10-18-16(20)24-17(2,3)4/h6-9,14H,10-11H2,1-5H3,(H,18,20). The average molecular weight is 371 g/mol. The summed E-state index contributed by atoms with van der Waals surface area (Å²) in [5, 5.41) is 0.810. The van der Waals surface area contributed by atoms with Crippen molar-refractivity contribution in [3.63, 3.8) is 0 Å². The number of ether oxygens (including phenoxy) is 2. The van der Waals surface area contributed by atoms with Crippen molar-refractivity contribution in [2.24, 2.45) is 0 Å². The number of aryl methyl sites for hydroxylation is 1. The van der Waals surface area contributed by atoms with Crippen LogP contribution in [0.15, 0.2) is 24.3 Å². The first-order valence-electron chi connectivity index (χ1n) is 7.77. The molecule has 0 aromatic heterocycles. The lowest BCUT2D eigenvalue weighted by atomic mass is 10.1. The van der Waals surface area contributed by atoms with Gasteiger partial charge in [0.15, 0.2) is 15.1 Å². The van der Waals surface area contributed by atoms with E-state index in [0.29, 0.717) is 5.56 Å². The van der Waals surface area contributed by atoms with Crippen LogP contribution in [0.3, 0.4) is 0 Å². The molecule has 0 saturated heterocycles. The Morgan fingerprint density at radius 1 is 1.20 bits per heavy atom. The highest BCUT2D eigenvalue weighted by atomic mass is 32.2. The van der Waals surface area contributed by atoms with Crippen molar-refractivity contribution in [1.29, 1.82) is 0 Å². The van der Waals surface area contributed by atoms with Crippen molar-refractivity contribution < 1.29 is 27.5 Å². The minimum atomic E-state index is -3.89. The Morgan fingerprint density at radius 3 is 2.32 bits per heavy atom. The van der Waals surface area contributed by atoms with Gasteiger partial charge in [-0.05, 0) is 38.8 Å². The summed E-state index contributed by atoms with van der Waals surface area (Å²) in [5.74, 6) is -1.25. The van der Waals surface area contributed by atoms with Gasteiger partial charge in [0.05, 0.1) is 12.9 Å². The summed E-state index contributed by atoms with van der Waals surface area (Å²) in [5.41, 5.74) is 0.661. The van der Waals surface area contributed by atoms with Gasteiger partial charge in [-0.1, -0.05) is 24.3 Å². The Labute approximate surface area is 148 Å². The first kappa shape index (κ1) is 21.0. The maximum absolute atomic E-state index is 12.7. The highest BCUT2D eigenvalue weighted by molar-refractivity contribution is 7.92. The fraction of sp³-hybridized carbons (Fsp3) is 0.529. The molecule has 1 aromatic rings. The summed E-state index contributed by atoms with van der Waals surface area (Å²) in [4.78, 5) is 23.7. The van der Waals surface area contributed by atoms with E-state index in [2.05, 4.69) is 10.1 Å². The minimum absolute atomic E-state index is 0.324. The van der Waals surface area contributed by atoms with Gasteiger partial charge in [-0.15, -0.1) is 0 Å². The second-order valence-electron chi connectivity index (χ2n) is 6.63. The SMILES string of the molecule is COC(=O)C(CNC(=O)OC(C)(C)C)S(=O)(=O)Cc1ccccc1C. The molecule has 0 fully saturated rings. The quantitative estimate of drug-likeness (QED) is 0.768. The molecule has 1 N–H and O–H groups in total. The van der Waals surface area contributed by atoms with E-state index in [4.69, 9.17) is 4.74 Å². The minimum Gasteiger partial charge on any atom is -0.468 e. The van der Waals surface area contributed by atoms with E-state index in [9.17, 15) is 18.0 Å². The van der Waals surface area contributed by atoms with E-state index >= 15 is 0 Å². The topological polar surface area (TPSA) is 98.8 Å². The van der Waals surface area contributed by atoms with Crippen molar-refractivity contribution in [3.05, 3.63) is 35.4 Å². The number of amides is 1. The third-order valence-corrected chi connectivity index (χ3v) is 5.29. The molecule has 0 heterocycles. The average Bonchev–Trinajstić information content (AvgIpc) is 2.47. The van der Waals surface area contributed by atoms with E-state index in [1.165, 1.54) is 0 Å². The maximum Gasteiger partial charge on any atom is 0.407 e. The predicted molar refractivity (Wildman–Crippen MR) is 93.8 cm³/mol. The lowest BCUT2D eigenvalue weighted by Crippen LogP contribution is -2.44. The summed E-state index contributed by atoms with van der Waals surface area (Å²) in [7, 11) is -2.79. The molecule has 0 aliphatic heterocycles. The zero-order valence-electron chi connectivity index (χ0n) is 15.2. The molecule has 0 aliphatic rings. The fourth-order valence-corrected chi connectivity index (χ4v) is 3.75. The Hall–Kier alpha value is -2.09. The van der Waals surface area contributed by atoms with Crippen LogP contribution in [0.5, 0.6) is 0 Å². The fourth-order valence-electron chi connectivity index (χ4n) is 2.07. The highest BCUT2D eigenvalue weighted by Crippen LogP contribution is 2.16. The van der Waals surface area contributed by atoms with E-state index in [1.807, 2.05) is 0 Å². The molecule has 0 saturated carbocycles. The first-order valence-corrected chi connectivity index (χ1v) is 9.48. The van der Waals surface area contributed by atoms with Crippen molar-refractivity contribution in [2.75, 3.05) is 13.7 Å². The number of carbonyl (C=O) groups is 2. The molecule has 1 rings (SSSR count). The number of hydrogen-bond acceptors (Lipinski definition) is 6. The Morgan fingerprint density at radius 2 is 1.80 bits per heavy atom. The summed E-state index contributed by atoms with van der Waals surface area (Å²) >= 11 is 0. The van der Waals surface area contributed by atoms with Crippen LogP contribution in [0.25, 0.3) is 0 Å². The van der Waals surface area contributed by atoms with Crippen molar-refractivity contribution in [2.45, 2.75) is 44.3 Å². The van der Waals surface area contributed by atoms with Gasteiger partial charge < -0.3 is 14.8 Å². The molecular weight excluding hydrogens is 346 g/mol. The first-order chi connectivity index (χ1) is 11.5. The molecule has 0 radical (unpaired) electrons. The maximum atomic E-state index is 12.7. The molecule has 7 nitrogen and oxygen atoms in total. The van der Waals surface area contributed by atoms with E-state index in [1.54, 1.807) is 52.0 Å². The number of alkyl carbamates (subject to hydrolysis) is 1. The third kappa shape index (κ3) is 6.74. The third-order valence-electron chi connectivity index (χ3n) is 3.35. The molecule has 1 amide bonds. The number of carbonyl (C=O) groups excluding carboxylic acids is 2. The summed E-state index contributed by atoms with van der Waals surface area (Å²) in [6.45, 7) is 6.41. The molecule has 1 atom stereocenters. The Balaban J connectivity index is 2.92. The van der Waals surface area contributed by atoms with E-state index < -0.39 is 39.3 Å². The molecule has 0 spiro atoms. The van der Waals surface area contributed by atoms with Crippen LogP contribution in [-0.4, -0.2) is 45.0 Å². The molecule has 0 aliphatic carbocycles. The summed E-state index contributed by atoms with van der Waals surface area (Å²) in [6.07, 6.45) is -0.799. The normalized spacial score (nSPS) is 13.0. The zero-order chi connectivity index (χ0) is 19.3. The van der Waals surface area contributed by atoms with Crippen LogP contribution in [-0.2, 0) is 29.9 Å². The van der Waals surface area contributed by atoms with Crippen LogP contribution in [0.1, 0.15) is 31.9 Å². The Bertz CT molecular complexity index is 721. The zero-order valence-corrected chi connectivity index (χ0v) is 16.0. The molecule has 25 heavy (non-hydrogen) atoms. The number of nitrogens with one attached hydrogen (secondary N) is 1. The lowest BCUT2D eigenvalue weighted by molar-refractivity contribution is -0.140. The molecule has 1 unspecified atom stereocenters. The van der Waals surface area contributed by atoms with Crippen molar-refractivity contribution >= 4 is 21.9 Å².